The van der Waals surface area contributed by atoms with E-state index in [-0.39, 0.29) is 11.0 Å². The number of carboxylic acids is 1. The van der Waals surface area contributed by atoms with Crippen LogP contribution in [0.2, 0.25) is 0 Å². The lowest BCUT2D eigenvalue weighted by Gasteiger charge is -2.61. The van der Waals surface area contributed by atoms with E-state index in [1.807, 2.05) is 37.1 Å². The minimum atomic E-state index is -0.863. The van der Waals surface area contributed by atoms with Gasteiger partial charge in [0.05, 0.1) is 50.5 Å². The molecule has 0 spiro atoms. The zero-order valence-corrected chi connectivity index (χ0v) is 22.2. The van der Waals surface area contributed by atoms with Gasteiger partial charge in [0.2, 0.25) is 0 Å². The predicted molar refractivity (Wildman–Crippen MR) is 140 cm³/mol. The molecule has 6 rings (SSSR count). The van der Waals surface area contributed by atoms with E-state index in [1.54, 1.807) is 17.2 Å². The highest BCUT2D eigenvalue weighted by atomic mass is 16.5. The molecule has 2 heterocycles. The number of nitrogens with zero attached hydrogens (tertiary/aromatic N) is 3. The smallest absolute Gasteiger partial charge is 0.330 e. The van der Waals surface area contributed by atoms with Gasteiger partial charge in [-0.15, -0.1) is 0 Å². The molecule has 0 aromatic carbocycles. The summed E-state index contributed by atoms with van der Waals surface area (Å²) >= 11 is 0. The van der Waals surface area contributed by atoms with Crippen LogP contribution in [-0.4, -0.2) is 79.1 Å². The van der Waals surface area contributed by atoms with Crippen molar-refractivity contribution in [2.24, 2.45) is 17.3 Å². The molecule has 0 amide bonds. The summed E-state index contributed by atoms with van der Waals surface area (Å²) in [6.07, 6.45) is 16.5. The minimum absolute atomic E-state index is 0.0430. The van der Waals surface area contributed by atoms with E-state index < -0.39 is 12.0 Å². The average Bonchev–Trinajstić information content (AvgIpc) is 3.29. The topological polar surface area (TPSA) is 98.1 Å². The van der Waals surface area contributed by atoms with Crippen LogP contribution in [0, 0.1) is 17.3 Å². The van der Waals surface area contributed by atoms with Crippen LogP contribution in [-0.2, 0) is 25.5 Å². The lowest BCUT2D eigenvalue weighted by molar-refractivity contribution is -0.201. The number of allylic oxidation sites excluding steroid dienone is 2. The van der Waals surface area contributed by atoms with Crippen molar-refractivity contribution in [3.8, 4) is 0 Å². The predicted octanol–water partition coefficient (Wildman–Crippen LogP) is 3.22. The second-order valence-corrected chi connectivity index (χ2v) is 11.6. The number of rotatable bonds is 14. The fourth-order valence-corrected chi connectivity index (χ4v) is 7.56. The average molecular weight is 515 g/mol. The molecule has 3 unspecified atom stereocenters. The second kappa shape index (κ2) is 11.3. The quantitative estimate of drug-likeness (QED) is 0.365. The molecule has 1 aliphatic heterocycles. The van der Waals surface area contributed by atoms with Gasteiger partial charge in [-0.2, -0.15) is 5.10 Å². The monoisotopic (exact) mass is 514 g/mol. The van der Waals surface area contributed by atoms with Crippen molar-refractivity contribution in [3.05, 3.63) is 36.3 Å². The van der Waals surface area contributed by atoms with E-state index in [9.17, 15) is 9.90 Å². The Morgan fingerprint density at radius 1 is 1.14 bits per heavy atom. The van der Waals surface area contributed by atoms with Crippen LogP contribution in [0.15, 0.2) is 36.3 Å². The summed E-state index contributed by atoms with van der Waals surface area (Å²) in [5.41, 5.74) is 1.99. The Morgan fingerprint density at radius 3 is 2.59 bits per heavy atom. The molecule has 4 fully saturated rings. The molecule has 5 aliphatic rings. The number of nitrogens with one attached hydrogen (secondary N) is 1. The van der Waals surface area contributed by atoms with E-state index in [0.717, 1.165) is 43.6 Å². The highest BCUT2D eigenvalue weighted by Gasteiger charge is 2.58. The Kier molecular flexibility index (Phi) is 8.04. The molecule has 37 heavy (non-hydrogen) atoms. The molecule has 0 radical (unpaired) electrons. The van der Waals surface area contributed by atoms with Crippen LogP contribution in [0.25, 0.3) is 0 Å². The van der Waals surface area contributed by atoms with Crippen molar-refractivity contribution < 1.29 is 24.1 Å². The van der Waals surface area contributed by atoms with E-state index >= 15 is 0 Å². The fourth-order valence-electron chi connectivity index (χ4n) is 7.56. The van der Waals surface area contributed by atoms with E-state index in [2.05, 4.69) is 10.4 Å². The summed E-state index contributed by atoms with van der Waals surface area (Å²) in [7, 11) is 1.92. The van der Waals surface area contributed by atoms with Gasteiger partial charge in [-0.05, 0) is 75.3 Å². The molecular weight excluding hydrogens is 472 g/mol. The summed E-state index contributed by atoms with van der Waals surface area (Å²) in [5.74, 6) is 0.567. The van der Waals surface area contributed by atoms with Crippen molar-refractivity contribution in [3.63, 3.8) is 0 Å². The van der Waals surface area contributed by atoms with Gasteiger partial charge >= 0.3 is 5.97 Å². The molecule has 9 heteroatoms. The zero-order chi connectivity index (χ0) is 25.9. The lowest BCUT2D eigenvalue weighted by atomic mass is 9.48. The number of hydrogen-bond acceptors (Lipinski definition) is 7. The second-order valence-electron chi connectivity index (χ2n) is 11.6. The van der Waals surface area contributed by atoms with Gasteiger partial charge < -0.3 is 29.5 Å². The van der Waals surface area contributed by atoms with Crippen molar-refractivity contribution in [2.75, 3.05) is 51.5 Å². The van der Waals surface area contributed by atoms with Crippen molar-refractivity contribution in [1.82, 2.24) is 15.1 Å². The van der Waals surface area contributed by atoms with Crippen LogP contribution in [0.1, 0.15) is 45.4 Å². The van der Waals surface area contributed by atoms with Crippen molar-refractivity contribution in [1.29, 1.82) is 0 Å². The third kappa shape index (κ3) is 6.11. The number of carboxylic acid groups (broad SMARTS) is 1. The largest absolute Gasteiger partial charge is 0.479 e. The van der Waals surface area contributed by atoms with E-state index in [4.69, 9.17) is 14.2 Å². The van der Waals surface area contributed by atoms with Crippen molar-refractivity contribution in [2.45, 2.75) is 63.6 Å². The normalized spacial score (nSPS) is 32.2. The third-order valence-electron chi connectivity index (χ3n) is 8.48. The molecule has 2 N–H and O–H groups in total. The molecule has 4 saturated carbocycles. The summed E-state index contributed by atoms with van der Waals surface area (Å²) in [6.45, 7) is 6.83. The first-order valence-corrected chi connectivity index (χ1v) is 13.7. The Balaban J connectivity index is 1.18. The van der Waals surface area contributed by atoms with Gasteiger partial charge in [0.1, 0.15) is 6.04 Å². The van der Waals surface area contributed by atoms with Gasteiger partial charge in [0.15, 0.2) is 0 Å². The number of aromatic nitrogens is 2. The van der Waals surface area contributed by atoms with Crippen LogP contribution >= 0.6 is 0 Å². The van der Waals surface area contributed by atoms with Gasteiger partial charge in [-0.25, -0.2) is 4.79 Å². The highest BCUT2D eigenvalue weighted by Crippen LogP contribution is 2.63. The fraction of sp³-hybridized carbons (Fsp3) is 0.714. The Labute approximate surface area is 219 Å². The van der Waals surface area contributed by atoms with Crippen LogP contribution < -0.4 is 10.2 Å². The first-order chi connectivity index (χ1) is 17.9. The first-order valence-electron chi connectivity index (χ1n) is 13.7. The maximum atomic E-state index is 11.8. The maximum absolute atomic E-state index is 11.8. The first kappa shape index (κ1) is 26.4. The standard InChI is InChI=1S/C28H42N4O5/c1-21-3-4-25(26(33)34)32(17-21)24-16-30-31(18-24)20-27-12-22-11-23(13-27)15-28(14-22,19-27)37-10-9-36-8-7-35-6-5-29-2/h3-4,16-18,22-23,25,29H,5-15,19-20H2,1-2H3,(H,33,34). The van der Waals surface area contributed by atoms with Gasteiger partial charge in [0, 0.05) is 25.5 Å². The summed E-state index contributed by atoms with van der Waals surface area (Å²) < 4.78 is 19.9. The Bertz CT molecular complexity index is 990. The third-order valence-corrected chi connectivity index (χ3v) is 8.48. The molecule has 0 saturated heterocycles. The molecule has 3 atom stereocenters. The zero-order valence-electron chi connectivity index (χ0n) is 22.2. The summed E-state index contributed by atoms with van der Waals surface area (Å²) in [4.78, 5) is 13.6. The van der Waals surface area contributed by atoms with Gasteiger partial charge in [-0.1, -0.05) is 12.2 Å². The number of carbonyl (C=O) groups is 1. The van der Waals surface area contributed by atoms with Crippen LogP contribution in [0.5, 0.6) is 0 Å². The molecule has 4 aliphatic carbocycles. The minimum Gasteiger partial charge on any atom is -0.479 e. The molecule has 1 aromatic heterocycles. The molecule has 4 bridgehead atoms. The van der Waals surface area contributed by atoms with E-state index in [0.29, 0.717) is 44.9 Å². The lowest BCUT2D eigenvalue weighted by Crippen LogP contribution is -2.58. The molecule has 1 aromatic rings. The summed E-state index contributed by atoms with van der Waals surface area (Å²) in [6, 6.07) is -0.709. The number of hydrogen-bond donors (Lipinski definition) is 2. The molecule has 9 nitrogen and oxygen atoms in total. The van der Waals surface area contributed by atoms with Gasteiger partial charge in [-0.3, -0.25) is 4.68 Å². The number of ether oxygens (including phenoxy) is 3. The molecular formula is C28H42N4O5. The van der Waals surface area contributed by atoms with Crippen molar-refractivity contribution >= 4 is 11.7 Å². The Hall–Kier alpha value is -2.20. The van der Waals surface area contributed by atoms with E-state index in [1.165, 1.54) is 19.3 Å². The maximum Gasteiger partial charge on any atom is 0.330 e. The summed E-state index contributed by atoms with van der Waals surface area (Å²) in [5, 5.41) is 17.4. The SMILES string of the molecule is CNCCOCCOCCOC12CC3CC(CC(Cn4cc(N5C=C(C)C=CC5C(=O)O)cn4)(C3)C1)C2. The number of aliphatic carboxylic acids is 1. The number of anilines is 1. The Morgan fingerprint density at radius 2 is 1.86 bits per heavy atom. The highest BCUT2D eigenvalue weighted by molar-refractivity contribution is 5.82. The molecule has 204 valence electrons. The number of likely N-dealkylation sites (N-methyl/N-ethyl adjacent to an activating group) is 1. The van der Waals surface area contributed by atoms with Gasteiger partial charge in [0.25, 0.3) is 0 Å². The van der Waals surface area contributed by atoms with Crippen LogP contribution in [0.3, 0.4) is 0 Å². The van der Waals surface area contributed by atoms with Crippen LogP contribution in [0.4, 0.5) is 5.69 Å².